The van der Waals surface area contributed by atoms with E-state index >= 15 is 0 Å². The van der Waals surface area contributed by atoms with Crippen LogP contribution in [0.4, 0.5) is 5.69 Å². The minimum atomic E-state index is 0.167. The first kappa shape index (κ1) is 20.0. The summed E-state index contributed by atoms with van der Waals surface area (Å²) in [5, 5.41) is 2.00. The Bertz CT molecular complexity index is 1010. The molecule has 4 rings (SSSR count). The maximum absolute atomic E-state index is 12.8. The van der Waals surface area contributed by atoms with Gasteiger partial charge in [0.25, 0.3) is 0 Å². The molecule has 6 nitrogen and oxygen atoms in total. The summed E-state index contributed by atoms with van der Waals surface area (Å²) in [7, 11) is 1.67. The van der Waals surface area contributed by atoms with Gasteiger partial charge in [-0.25, -0.2) is 9.97 Å². The summed E-state index contributed by atoms with van der Waals surface area (Å²) in [4.78, 5) is 28.1. The molecule has 1 aromatic carbocycles. The largest absolute Gasteiger partial charge is 0.497 e. The zero-order valence-corrected chi connectivity index (χ0v) is 18.5. The highest BCUT2D eigenvalue weighted by Gasteiger charge is 2.22. The third-order valence-electron chi connectivity index (χ3n) is 5.33. The number of hydrogen-bond donors (Lipinski definition) is 0. The lowest BCUT2D eigenvalue weighted by Crippen LogP contribution is -2.49. The number of hydrogen-bond acceptors (Lipinski definition) is 7. The molecule has 0 atom stereocenters. The molecule has 3 aromatic rings. The van der Waals surface area contributed by atoms with Crippen molar-refractivity contribution in [1.29, 1.82) is 0 Å². The Balaban J connectivity index is 1.34. The van der Waals surface area contributed by atoms with E-state index in [1.54, 1.807) is 24.8 Å². The number of anilines is 1. The number of benzene rings is 1. The van der Waals surface area contributed by atoms with Gasteiger partial charge in [-0.2, -0.15) is 0 Å². The summed E-state index contributed by atoms with van der Waals surface area (Å²) in [5.74, 6) is 1.43. The molecule has 0 spiro atoms. The molecule has 1 aliphatic heterocycles. The normalized spacial score (nSPS) is 14.4. The van der Waals surface area contributed by atoms with Gasteiger partial charge in [0.2, 0.25) is 5.91 Å². The van der Waals surface area contributed by atoms with Gasteiger partial charge in [0.1, 0.15) is 21.9 Å². The van der Waals surface area contributed by atoms with Gasteiger partial charge >= 0.3 is 0 Å². The summed E-state index contributed by atoms with van der Waals surface area (Å²) in [6.45, 7) is 7.35. The number of rotatable bonds is 5. The third-order valence-corrected chi connectivity index (χ3v) is 7.42. The number of nitrogens with zero attached hydrogens (tertiary/aromatic N) is 4. The van der Waals surface area contributed by atoms with E-state index in [0.29, 0.717) is 5.75 Å². The summed E-state index contributed by atoms with van der Waals surface area (Å²) in [5.41, 5.74) is 2.38. The van der Waals surface area contributed by atoms with Crippen LogP contribution >= 0.6 is 23.1 Å². The SMILES string of the molecule is COc1ccc(N2CCN(C(=O)CSc3ncnc4sc(C)c(C)c34)CC2)cc1. The zero-order valence-electron chi connectivity index (χ0n) is 16.8. The van der Waals surface area contributed by atoms with Crippen molar-refractivity contribution in [3.8, 4) is 5.75 Å². The Morgan fingerprint density at radius 1 is 1.14 bits per heavy atom. The number of carbonyl (C=O) groups is 1. The predicted octanol–water partition coefficient (Wildman–Crippen LogP) is 3.76. The Kier molecular flexibility index (Phi) is 5.91. The lowest BCUT2D eigenvalue weighted by Gasteiger charge is -2.36. The Hall–Kier alpha value is -2.32. The van der Waals surface area contributed by atoms with Gasteiger partial charge < -0.3 is 14.5 Å². The third kappa shape index (κ3) is 4.18. The van der Waals surface area contributed by atoms with Crippen LogP contribution in [0, 0.1) is 13.8 Å². The number of ether oxygens (including phenoxy) is 1. The van der Waals surface area contributed by atoms with Gasteiger partial charge in [-0.05, 0) is 43.7 Å². The van der Waals surface area contributed by atoms with Crippen LogP contribution in [-0.2, 0) is 4.79 Å². The molecule has 0 bridgehead atoms. The van der Waals surface area contributed by atoms with Crippen LogP contribution in [0.5, 0.6) is 5.75 Å². The first-order chi connectivity index (χ1) is 14.1. The van der Waals surface area contributed by atoms with Gasteiger partial charge in [0, 0.05) is 42.1 Å². The van der Waals surface area contributed by atoms with Crippen LogP contribution in [0.3, 0.4) is 0 Å². The van der Waals surface area contributed by atoms with Gasteiger partial charge in [-0.1, -0.05) is 11.8 Å². The quantitative estimate of drug-likeness (QED) is 0.456. The number of carbonyl (C=O) groups excluding carboxylic acids is 1. The number of piperazine rings is 1. The standard InChI is InChI=1S/C21H24N4O2S2/c1-14-15(2)29-21-19(14)20(22-13-23-21)28-12-18(26)25-10-8-24(9-11-25)16-4-6-17(27-3)7-5-16/h4-7,13H,8-12H2,1-3H3. The number of aromatic nitrogens is 2. The lowest BCUT2D eigenvalue weighted by molar-refractivity contribution is -0.128. The molecule has 0 saturated carbocycles. The molecule has 152 valence electrons. The van der Waals surface area contributed by atoms with Crippen LogP contribution in [0.15, 0.2) is 35.6 Å². The maximum Gasteiger partial charge on any atom is 0.233 e. The van der Waals surface area contributed by atoms with E-state index in [4.69, 9.17) is 4.74 Å². The molecule has 2 aromatic heterocycles. The molecule has 1 aliphatic rings. The average Bonchev–Trinajstić information content (AvgIpc) is 3.06. The number of thiophene rings is 1. The fourth-order valence-electron chi connectivity index (χ4n) is 3.49. The second-order valence-corrected chi connectivity index (χ2v) is 9.16. The number of methoxy groups -OCH3 is 1. The molecule has 1 saturated heterocycles. The van der Waals surface area contributed by atoms with Crippen LogP contribution in [0.1, 0.15) is 10.4 Å². The maximum atomic E-state index is 12.8. The van der Waals surface area contributed by atoms with E-state index in [0.717, 1.165) is 47.2 Å². The van der Waals surface area contributed by atoms with Crippen molar-refractivity contribution in [3.63, 3.8) is 0 Å². The highest BCUT2D eigenvalue weighted by Crippen LogP contribution is 2.34. The fraction of sp³-hybridized carbons (Fsp3) is 0.381. The van der Waals surface area contributed by atoms with Crippen molar-refractivity contribution in [1.82, 2.24) is 14.9 Å². The van der Waals surface area contributed by atoms with Crippen LogP contribution in [-0.4, -0.2) is 59.8 Å². The van der Waals surface area contributed by atoms with Gasteiger partial charge in [-0.15, -0.1) is 11.3 Å². The second-order valence-electron chi connectivity index (χ2n) is 7.00. The molecule has 3 heterocycles. The number of fused-ring (bicyclic) bond motifs is 1. The molecule has 0 aliphatic carbocycles. The van der Waals surface area contributed by atoms with Crippen LogP contribution < -0.4 is 9.64 Å². The van der Waals surface area contributed by atoms with Crippen LogP contribution in [0.2, 0.25) is 0 Å². The molecule has 0 unspecified atom stereocenters. The van der Waals surface area contributed by atoms with E-state index in [2.05, 4.69) is 40.8 Å². The van der Waals surface area contributed by atoms with Crippen molar-refractivity contribution in [3.05, 3.63) is 41.0 Å². The second kappa shape index (κ2) is 8.59. The predicted molar refractivity (Wildman–Crippen MR) is 119 cm³/mol. The zero-order chi connectivity index (χ0) is 20.4. The van der Waals surface area contributed by atoms with E-state index in [1.807, 2.05) is 17.0 Å². The monoisotopic (exact) mass is 428 g/mol. The van der Waals surface area contributed by atoms with Crippen molar-refractivity contribution in [2.45, 2.75) is 18.9 Å². The number of thioether (sulfide) groups is 1. The van der Waals surface area contributed by atoms with Gasteiger partial charge in [0.05, 0.1) is 12.9 Å². The Labute approximate surface area is 178 Å². The van der Waals surface area contributed by atoms with Crippen LogP contribution in [0.25, 0.3) is 10.2 Å². The highest BCUT2D eigenvalue weighted by molar-refractivity contribution is 8.00. The Morgan fingerprint density at radius 3 is 2.55 bits per heavy atom. The number of aryl methyl sites for hydroxylation is 2. The average molecular weight is 429 g/mol. The van der Waals surface area contributed by atoms with Crippen molar-refractivity contribution in [2.75, 3.05) is 43.9 Å². The summed E-state index contributed by atoms with van der Waals surface area (Å²) < 4.78 is 5.22. The van der Waals surface area contributed by atoms with E-state index in [-0.39, 0.29) is 5.91 Å². The van der Waals surface area contributed by atoms with E-state index < -0.39 is 0 Å². The summed E-state index contributed by atoms with van der Waals surface area (Å²) in [6, 6.07) is 8.08. The molecule has 1 fully saturated rings. The Morgan fingerprint density at radius 2 is 1.86 bits per heavy atom. The molecule has 1 amide bonds. The lowest BCUT2D eigenvalue weighted by atomic mass is 10.2. The van der Waals surface area contributed by atoms with Gasteiger partial charge in [-0.3, -0.25) is 4.79 Å². The molecule has 0 N–H and O–H groups in total. The molecule has 8 heteroatoms. The minimum Gasteiger partial charge on any atom is -0.497 e. The molecular weight excluding hydrogens is 404 g/mol. The molecule has 0 radical (unpaired) electrons. The summed E-state index contributed by atoms with van der Waals surface area (Å²) >= 11 is 3.20. The van der Waals surface area contributed by atoms with Crippen molar-refractivity contribution in [2.24, 2.45) is 0 Å². The summed E-state index contributed by atoms with van der Waals surface area (Å²) in [6.07, 6.45) is 1.60. The van der Waals surface area contributed by atoms with Crippen molar-refractivity contribution >= 4 is 44.9 Å². The smallest absolute Gasteiger partial charge is 0.233 e. The first-order valence-corrected chi connectivity index (χ1v) is 11.4. The molecule has 29 heavy (non-hydrogen) atoms. The minimum absolute atomic E-state index is 0.167. The van der Waals surface area contributed by atoms with E-state index in [9.17, 15) is 4.79 Å². The van der Waals surface area contributed by atoms with Gasteiger partial charge in [0.15, 0.2) is 0 Å². The fourth-order valence-corrected chi connectivity index (χ4v) is 5.51. The molecular formula is C21H24N4O2S2. The highest BCUT2D eigenvalue weighted by atomic mass is 32.2. The topological polar surface area (TPSA) is 58.6 Å². The number of amides is 1. The van der Waals surface area contributed by atoms with E-state index in [1.165, 1.54) is 27.9 Å². The van der Waals surface area contributed by atoms with Crippen molar-refractivity contribution < 1.29 is 9.53 Å². The first-order valence-electron chi connectivity index (χ1n) is 9.57.